The number of nitrogens with zero attached hydrogens (tertiary/aromatic N) is 2. The number of nitrogens with one attached hydrogen (secondary N) is 1. The van der Waals surface area contributed by atoms with Crippen LogP contribution in [0.15, 0.2) is 30.5 Å². The molecule has 2 rings (SSSR count). The van der Waals surface area contributed by atoms with Gasteiger partial charge in [-0.05, 0) is 58.4 Å². The Kier molecular flexibility index (Phi) is 5.91. The lowest BCUT2D eigenvalue weighted by atomic mass is 10.2. The molecule has 1 aromatic heterocycles. The molecule has 1 aromatic carbocycles. The van der Waals surface area contributed by atoms with Crippen molar-refractivity contribution in [3.63, 3.8) is 0 Å². The Bertz CT molecular complexity index is 901. The van der Waals surface area contributed by atoms with Gasteiger partial charge >= 0.3 is 12.1 Å². The molecule has 0 bridgehead atoms. The lowest BCUT2D eigenvalue weighted by Gasteiger charge is -2.20. The Morgan fingerprint density at radius 3 is 2.59 bits per heavy atom. The molecule has 1 N–H and O–H groups in total. The molecule has 142 valence electrons. The summed E-state index contributed by atoms with van der Waals surface area (Å²) in [4.78, 5) is 24.4. The smallest absolute Gasteiger partial charge is 0.412 e. The number of ether oxygens (including phenoxy) is 2. The Morgan fingerprint density at radius 2 is 2.00 bits per heavy atom. The van der Waals surface area contributed by atoms with Gasteiger partial charge < -0.3 is 14.0 Å². The third kappa shape index (κ3) is 4.88. The standard InChI is InChI=1S/C20H23N3O4/c1-6-26-18(24)17-16(11-21)13(2)12-23(17)15-9-7-8-14(10-15)22-19(25)27-20(3,4)5/h7-10,12H,6H2,1-5H3,(H,22,25). The van der Waals surface area contributed by atoms with E-state index < -0.39 is 17.7 Å². The summed E-state index contributed by atoms with van der Waals surface area (Å²) in [5.41, 5.74) is 1.58. The molecule has 0 saturated carbocycles. The van der Waals surface area contributed by atoms with Crippen molar-refractivity contribution in [2.24, 2.45) is 0 Å². The summed E-state index contributed by atoms with van der Waals surface area (Å²) in [7, 11) is 0. The van der Waals surface area contributed by atoms with Crippen molar-refractivity contribution in [2.45, 2.75) is 40.2 Å². The van der Waals surface area contributed by atoms with E-state index in [1.807, 2.05) is 0 Å². The summed E-state index contributed by atoms with van der Waals surface area (Å²) in [5, 5.41) is 12.1. The molecule has 1 amide bonds. The molecular formula is C20H23N3O4. The maximum Gasteiger partial charge on any atom is 0.412 e. The van der Waals surface area contributed by atoms with E-state index in [1.54, 1.807) is 69.6 Å². The number of carbonyl (C=O) groups is 2. The maximum absolute atomic E-state index is 12.4. The SMILES string of the molecule is CCOC(=O)c1c(C#N)c(C)cn1-c1cccc(NC(=O)OC(C)(C)C)c1. The highest BCUT2D eigenvalue weighted by Gasteiger charge is 2.22. The van der Waals surface area contributed by atoms with Crippen LogP contribution in [0.5, 0.6) is 0 Å². The molecule has 0 aliphatic heterocycles. The van der Waals surface area contributed by atoms with E-state index in [2.05, 4.69) is 11.4 Å². The van der Waals surface area contributed by atoms with Crippen molar-refractivity contribution in [3.05, 3.63) is 47.3 Å². The van der Waals surface area contributed by atoms with Gasteiger partial charge in [-0.25, -0.2) is 9.59 Å². The first-order valence-electron chi connectivity index (χ1n) is 8.56. The van der Waals surface area contributed by atoms with Gasteiger partial charge in [-0.15, -0.1) is 0 Å². The number of aryl methyl sites for hydroxylation is 1. The molecular weight excluding hydrogens is 346 g/mol. The number of hydrogen-bond donors (Lipinski definition) is 1. The van der Waals surface area contributed by atoms with Gasteiger partial charge in [0, 0.05) is 17.6 Å². The number of carbonyl (C=O) groups excluding carboxylic acids is 2. The molecule has 2 aromatic rings. The second-order valence-electron chi connectivity index (χ2n) is 6.92. The van der Waals surface area contributed by atoms with Gasteiger partial charge in [-0.2, -0.15) is 5.26 Å². The lowest BCUT2D eigenvalue weighted by Crippen LogP contribution is -2.27. The van der Waals surface area contributed by atoms with Crippen LogP contribution in [-0.2, 0) is 9.47 Å². The Labute approximate surface area is 158 Å². The van der Waals surface area contributed by atoms with Gasteiger partial charge in [0.15, 0.2) is 0 Å². The number of aromatic nitrogens is 1. The van der Waals surface area contributed by atoms with Crippen molar-refractivity contribution < 1.29 is 19.1 Å². The molecule has 0 fully saturated rings. The summed E-state index contributed by atoms with van der Waals surface area (Å²) in [6.45, 7) is 8.99. The number of esters is 1. The predicted molar refractivity (Wildman–Crippen MR) is 101 cm³/mol. The molecule has 0 unspecified atom stereocenters. The van der Waals surface area contributed by atoms with E-state index in [1.165, 1.54) is 0 Å². The van der Waals surface area contributed by atoms with Crippen LogP contribution in [0.25, 0.3) is 5.69 Å². The van der Waals surface area contributed by atoms with Gasteiger partial charge in [0.2, 0.25) is 0 Å². The lowest BCUT2D eigenvalue weighted by molar-refractivity contribution is 0.0515. The van der Waals surface area contributed by atoms with Gasteiger partial charge in [0.25, 0.3) is 0 Å². The highest BCUT2D eigenvalue weighted by atomic mass is 16.6. The average molecular weight is 369 g/mol. The highest BCUT2D eigenvalue weighted by molar-refractivity contribution is 5.92. The third-order valence-corrected chi connectivity index (χ3v) is 3.54. The van der Waals surface area contributed by atoms with Crippen LogP contribution in [0.3, 0.4) is 0 Å². The van der Waals surface area contributed by atoms with E-state index in [0.717, 1.165) is 0 Å². The van der Waals surface area contributed by atoms with Gasteiger partial charge in [0.1, 0.15) is 17.4 Å². The second-order valence-corrected chi connectivity index (χ2v) is 6.92. The molecule has 0 saturated heterocycles. The first-order valence-corrected chi connectivity index (χ1v) is 8.56. The molecule has 0 aliphatic rings. The van der Waals surface area contributed by atoms with Crippen LogP contribution >= 0.6 is 0 Å². The zero-order chi connectivity index (χ0) is 20.2. The monoisotopic (exact) mass is 369 g/mol. The number of anilines is 1. The summed E-state index contributed by atoms with van der Waals surface area (Å²) in [5.74, 6) is -0.576. The number of benzene rings is 1. The molecule has 0 aliphatic carbocycles. The van der Waals surface area contributed by atoms with Crippen LogP contribution < -0.4 is 5.32 Å². The fraction of sp³-hybridized carbons (Fsp3) is 0.350. The van der Waals surface area contributed by atoms with E-state index in [-0.39, 0.29) is 17.9 Å². The van der Waals surface area contributed by atoms with E-state index in [0.29, 0.717) is 16.9 Å². The Balaban J connectivity index is 2.41. The highest BCUT2D eigenvalue weighted by Crippen LogP contribution is 2.24. The topological polar surface area (TPSA) is 93.4 Å². The fourth-order valence-electron chi connectivity index (χ4n) is 2.53. The van der Waals surface area contributed by atoms with Crippen LogP contribution in [0.1, 0.15) is 49.3 Å². The number of hydrogen-bond acceptors (Lipinski definition) is 5. The normalized spacial score (nSPS) is 10.8. The zero-order valence-corrected chi connectivity index (χ0v) is 16.1. The molecule has 0 spiro atoms. The first kappa shape index (κ1) is 20.0. The second kappa shape index (κ2) is 7.96. The minimum atomic E-state index is -0.613. The molecule has 0 radical (unpaired) electrons. The molecule has 7 nitrogen and oxygen atoms in total. The Morgan fingerprint density at radius 1 is 1.30 bits per heavy atom. The minimum absolute atomic E-state index is 0.159. The third-order valence-electron chi connectivity index (χ3n) is 3.54. The van der Waals surface area contributed by atoms with Gasteiger partial charge in [-0.3, -0.25) is 5.32 Å². The average Bonchev–Trinajstić information content (AvgIpc) is 2.90. The first-order chi connectivity index (χ1) is 12.7. The molecule has 0 atom stereocenters. The largest absolute Gasteiger partial charge is 0.461 e. The molecule has 1 heterocycles. The molecule has 7 heteroatoms. The van der Waals surface area contributed by atoms with Crippen LogP contribution in [0.4, 0.5) is 10.5 Å². The van der Waals surface area contributed by atoms with Gasteiger partial charge in [0.05, 0.1) is 12.2 Å². The van der Waals surface area contributed by atoms with Crippen molar-refractivity contribution >= 4 is 17.7 Å². The van der Waals surface area contributed by atoms with Crippen LogP contribution in [0, 0.1) is 18.3 Å². The van der Waals surface area contributed by atoms with Crippen molar-refractivity contribution in [1.29, 1.82) is 5.26 Å². The van der Waals surface area contributed by atoms with Crippen LogP contribution in [-0.4, -0.2) is 28.8 Å². The Hall–Kier alpha value is -3.27. The van der Waals surface area contributed by atoms with E-state index >= 15 is 0 Å². The van der Waals surface area contributed by atoms with E-state index in [4.69, 9.17) is 9.47 Å². The zero-order valence-electron chi connectivity index (χ0n) is 16.1. The molecule has 27 heavy (non-hydrogen) atoms. The number of nitriles is 1. The van der Waals surface area contributed by atoms with Gasteiger partial charge in [-0.1, -0.05) is 6.07 Å². The summed E-state index contributed by atoms with van der Waals surface area (Å²) >= 11 is 0. The van der Waals surface area contributed by atoms with Crippen LogP contribution in [0.2, 0.25) is 0 Å². The number of rotatable bonds is 4. The van der Waals surface area contributed by atoms with Crippen molar-refractivity contribution in [1.82, 2.24) is 4.57 Å². The summed E-state index contributed by atoms with van der Waals surface area (Å²) in [6.07, 6.45) is 1.11. The summed E-state index contributed by atoms with van der Waals surface area (Å²) < 4.78 is 11.9. The fourth-order valence-corrected chi connectivity index (χ4v) is 2.53. The van der Waals surface area contributed by atoms with Crippen molar-refractivity contribution in [3.8, 4) is 11.8 Å². The number of amides is 1. The maximum atomic E-state index is 12.4. The minimum Gasteiger partial charge on any atom is -0.461 e. The van der Waals surface area contributed by atoms with Crippen molar-refractivity contribution in [2.75, 3.05) is 11.9 Å². The predicted octanol–water partition coefficient (Wildman–Crippen LogP) is 4.18. The van der Waals surface area contributed by atoms with E-state index in [9.17, 15) is 14.9 Å². The summed E-state index contributed by atoms with van der Waals surface area (Å²) in [6, 6.07) is 8.95. The quantitative estimate of drug-likeness (QED) is 0.816.